The molecule has 0 bridgehead atoms. The molecule has 0 radical (unpaired) electrons. The predicted molar refractivity (Wildman–Crippen MR) is 75.3 cm³/mol. The van der Waals surface area contributed by atoms with Crippen LogP contribution in [0.2, 0.25) is 0 Å². The molecular formula is C14H16N2O6. The summed E-state index contributed by atoms with van der Waals surface area (Å²) in [6.07, 6.45) is 0.804. The number of carboxylic acid groups (broad SMARTS) is 1. The average molecular weight is 308 g/mol. The van der Waals surface area contributed by atoms with E-state index in [1.54, 1.807) is 0 Å². The summed E-state index contributed by atoms with van der Waals surface area (Å²) < 4.78 is 5.21. The fourth-order valence-electron chi connectivity index (χ4n) is 2.24. The summed E-state index contributed by atoms with van der Waals surface area (Å²) in [5.41, 5.74) is 0.518. The third kappa shape index (κ3) is 4.01. The number of non-ortho nitro benzene ring substituents is 1. The quantitative estimate of drug-likeness (QED) is 0.595. The van der Waals surface area contributed by atoms with E-state index in [0.717, 1.165) is 6.42 Å². The molecule has 118 valence electrons. The van der Waals surface area contributed by atoms with E-state index < -0.39 is 28.9 Å². The minimum atomic E-state index is -1.16. The first-order valence-electron chi connectivity index (χ1n) is 6.85. The van der Waals surface area contributed by atoms with E-state index in [0.29, 0.717) is 18.6 Å². The highest BCUT2D eigenvalue weighted by Crippen LogP contribution is 2.15. The molecule has 0 unspecified atom stereocenters. The highest BCUT2D eigenvalue weighted by Gasteiger charge is 2.28. The topological polar surface area (TPSA) is 119 Å². The highest BCUT2D eigenvalue weighted by molar-refractivity contribution is 5.86. The molecule has 2 N–H and O–H groups in total. The van der Waals surface area contributed by atoms with Gasteiger partial charge in [-0.15, -0.1) is 0 Å². The van der Waals surface area contributed by atoms with Crippen LogP contribution >= 0.6 is 0 Å². The summed E-state index contributed by atoms with van der Waals surface area (Å²) in [7, 11) is 0. The number of amides is 1. The number of benzene rings is 1. The molecule has 22 heavy (non-hydrogen) atoms. The molecule has 2 atom stereocenters. The van der Waals surface area contributed by atoms with Gasteiger partial charge in [-0.3, -0.25) is 14.9 Å². The van der Waals surface area contributed by atoms with E-state index in [4.69, 9.17) is 4.74 Å². The van der Waals surface area contributed by atoms with Crippen molar-refractivity contribution in [2.75, 3.05) is 6.61 Å². The number of hydrogen-bond acceptors (Lipinski definition) is 5. The largest absolute Gasteiger partial charge is 0.480 e. The van der Waals surface area contributed by atoms with Crippen LogP contribution in [0.5, 0.6) is 0 Å². The Labute approximate surface area is 126 Å². The molecule has 1 saturated heterocycles. The van der Waals surface area contributed by atoms with Gasteiger partial charge in [-0.2, -0.15) is 0 Å². The summed E-state index contributed by atoms with van der Waals surface area (Å²) in [4.78, 5) is 33.2. The number of carboxylic acids is 1. The Morgan fingerprint density at radius 3 is 2.59 bits per heavy atom. The second kappa shape index (κ2) is 6.99. The Morgan fingerprint density at radius 2 is 2.09 bits per heavy atom. The second-order valence-corrected chi connectivity index (χ2v) is 5.03. The van der Waals surface area contributed by atoms with E-state index in [-0.39, 0.29) is 12.1 Å². The molecule has 1 aromatic carbocycles. The predicted octanol–water partition coefficient (Wildman–Crippen LogP) is 0.886. The zero-order valence-electron chi connectivity index (χ0n) is 11.7. The molecule has 8 nitrogen and oxygen atoms in total. The normalized spacial score (nSPS) is 18.6. The van der Waals surface area contributed by atoms with Crippen molar-refractivity contribution in [1.82, 2.24) is 5.32 Å². The number of aliphatic carboxylic acids is 1. The van der Waals surface area contributed by atoms with Gasteiger partial charge in [0, 0.05) is 25.2 Å². The lowest BCUT2D eigenvalue weighted by molar-refractivity contribution is -0.384. The fraction of sp³-hybridized carbons (Fsp3) is 0.429. The highest BCUT2D eigenvalue weighted by atomic mass is 16.6. The van der Waals surface area contributed by atoms with Gasteiger partial charge < -0.3 is 15.2 Å². The minimum Gasteiger partial charge on any atom is -0.480 e. The molecule has 1 aromatic rings. The Balaban J connectivity index is 2.00. The van der Waals surface area contributed by atoms with Crippen molar-refractivity contribution in [3.05, 3.63) is 39.9 Å². The number of nitrogens with one attached hydrogen (secondary N) is 1. The maximum Gasteiger partial charge on any atom is 0.326 e. The van der Waals surface area contributed by atoms with Crippen molar-refractivity contribution in [3.8, 4) is 0 Å². The number of carbonyl (C=O) groups is 2. The van der Waals surface area contributed by atoms with Crippen LogP contribution in [0.3, 0.4) is 0 Å². The van der Waals surface area contributed by atoms with E-state index in [1.165, 1.54) is 24.3 Å². The third-order valence-electron chi connectivity index (χ3n) is 3.42. The summed E-state index contributed by atoms with van der Waals surface area (Å²) in [5.74, 6) is -1.60. The molecule has 8 heteroatoms. The summed E-state index contributed by atoms with van der Waals surface area (Å²) in [5, 5.41) is 22.2. The first kappa shape index (κ1) is 15.9. The average Bonchev–Trinajstić information content (AvgIpc) is 3.01. The van der Waals surface area contributed by atoms with Crippen molar-refractivity contribution >= 4 is 17.6 Å². The van der Waals surface area contributed by atoms with Gasteiger partial charge in [-0.25, -0.2) is 4.79 Å². The molecule has 0 aliphatic carbocycles. The Morgan fingerprint density at radius 1 is 1.41 bits per heavy atom. The van der Waals surface area contributed by atoms with E-state index in [1.807, 2.05) is 0 Å². The summed E-state index contributed by atoms with van der Waals surface area (Å²) >= 11 is 0. The van der Waals surface area contributed by atoms with Crippen molar-refractivity contribution in [2.45, 2.75) is 31.4 Å². The standard InChI is InChI=1S/C14H16N2O6/c17-13(12-2-1-7-22-12)15-11(14(18)19)8-9-3-5-10(6-4-9)16(20)21/h3-6,11-12H,1-2,7-8H2,(H,15,17)(H,18,19)/t11-,12-/m1/s1. The zero-order valence-corrected chi connectivity index (χ0v) is 11.7. The first-order chi connectivity index (χ1) is 10.5. The first-order valence-corrected chi connectivity index (χ1v) is 6.85. The smallest absolute Gasteiger partial charge is 0.326 e. The minimum absolute atomic E-state index is 0.0474. The van der Waals surface area contributed by atoms with Crippen LogP contribution in [-0.4, -0.2) is 40.7 Å². The summed E-state index contributed by atoms with van der Waals surface area (Å²) in [6, 6.07) is 4.46. The van der Waals surface area contributed by atoms with Gasteiger partial charge in [-0.1, -0.05) is 12.1 Å². The number of nitro benzene ring substituents is 1. The van der Waals surface area contributed by atoms with Gasteiger partial charge in [0.1, 0.15) is 12.1 Å². The van der Waals surface area contributed by atoms with Crippen LogP contribution in [-0.2, 0) is 20.7 Å². The Hall–Kier alpha value is -2.48. The van der Waals surface area contributed by atoms with Crippen LogP contribution in [0.4, 0.5) is 5.69 Å². The van der Waals surface area contributed by atoms with Crippen LogP contribution in [0, 0.1) is 10.1 Å². The van der Waals surface area contributed by atoms with E-state index in [9.17, 15) is 24.8 Å². The summed E-state index contributed by atoms with van der Waals surface area (Å²) in [6.45, 7) is 0.498. The molecule has 1 heterocycles. The molecule has 1 amide bonds. The van der Waals surface area contributed by atoms with Crippen LogP contribution in [0.25, 0.3) is 0 Å². The third-order valence-corrected chi connectivity index (χ3v) is 3.42. The lowest BCUT2D eigenvalue weighted by atomic mass is 10.1. The van der Waals surface area contributed by atoms with Gasteiger partial charge in [0.25, 0.3) is 5.69 Å². The number of nitro groups is 1. The number of ether oxygens (including phenoxy) is 1. The van der Waals surface area contributed by atoms with Gasteiger partial charge in [-0.05, 0) is 18.4 Å². The second-order valence-electron chi connectivity index (χ2n) is 5.03. The van der Waals surface area contributed by atoms with E-state index in [2.05, 4.69) is 5.32 Å². The molecule has 0 saturated carbocycles. The number of nitrogens with zero attached hydrogens (tertiary/aromatic N) is 1. The lowest BCUT2D eigenvalue weighted by Gasteiger charge is -2.17. The van der Waals surface area contributed by atoms with Crippen molar-refractivity contribution in [3.63, 3.8) is 0 Å². The zero-order chi connectivity index (χ0) is 16.1. The van der Waals surface area contributed by atoms with Crippen LogP contribution < -0.4 is 5.32 Å². The Bertz CT molecular complexity index is 565. The molecule has 0 spiro atoms. The van der Waals surface area contributed by atoms with E-state index >= 15 is 0 Å². The molecule has 1 aliphatic rings. The van der Waals surface area contributed by atoms with Crippen molar-refractivity contribution in [2.24, 2.45) is 0 Å². The van der Waals surface area contributed by atoms with Gasteiger partial charge >= 0.3 is 5.97 Å². The monoisotopic (exact) mass is 308 g/mol. The molecule has 0 aromatic heterocycles. The SMILES string of the molecule is O=C(O)[C@@H](Cc1ccc([N+](=O)[O-])cc1)NC(=O)[C@H]1CCCO1. The fourth-order valence-corrected chi connectivity index (χ4v) is 2.24. The number of rotatable bonds is 6. The number of carbonyl (C=O) groups excluding carboxylic acids is 1. The maximum absolute atomic E-state index is 11.9. The lowest BCUT2D eigenvalue weighted by Crippen LogP contribution is -2.46. The number of hydrogen-bond donors (Lipinski definition) is 2. The molecule has 1 fully saturated rings. The molecular weight excluding hydrogens is 292 g/mol. The van der Waals surface area contributed by atoms with Crippen LogP contribution in [0.1, 0.15) is 18.4 Å². The van der Waals surface area contributed by atoms with Crippen LogP contribution in [0.15, 0.2) is 24.3 Å². The molecule has 2 rings (SSSR count). The van der Waals surface area contributed by atoms with Gasteiger partial charge in [0.05, 0.1) is 4.92 Å². The van der Waals surface area contributed by atoms with Crippen molar-refractivity contribution in [1.29, 1.82) is 0 Å². The van der Waals surface area contributed by atoms with Gasteiger partial charge in [0.15, 0.2) is 0 Å². The Kier molecular flexibility index (Phi) is 5.05. The van der Waals surface area contributed by atoms with Gasteiger partial charge in [0.2, 0.25) is 5.91 Å². The molecule has 1 aliphatic heterocycles. The maximum atomic E-state index is 11.9. The van der Waals surface area contributed by atoms with Crippen molar-refractivity contribution < 1.29 is 24.4 Å².